The fraction of sp³-hybridized carbons (Fsp3) is 0.500. The molecule has 1 amide bonds. The zero-order valence-corrected chi connectivity index (χ0v) is 12.1. The van der Waals surface area contributed by atoms with E-state index < -0.39 is 0 Å². The van der Waals surface area contributed by atoms with E-state index in [0.29, 0.717) is 18.2 Å². The van der Waals surface area contributed by atoms with E-state index in [9.17, 15) is 9.90 Å². The SMILES string of the molecule is Cc1ccc(NC(=O)CC2CCCN2)c(C)c1O.Cl. The highest BCUT2D eigenvalue weighted by molar-refractivity contribution is 5.92. The van der Waals surface area contributed by atoms with E-state index in [1.54, 1.807) is 0 Å². The molecule has 19 heavy (non-hydrogen) atoms. The minimum absolute atomic E-state index is 0. The maximum Gasteiger partial charge on any atom is 0.225 e. The number of carbonyl (C=O) groups excluding carboxylic acids is 1. The first-order chi connectivity index (χ1) is 8.58. The van der Waals surface area contributed by atoms with Crippen molar-refractivity contribution in [1.82, 2.24) is 5.32 Å². The zero-order chi connectivity index (χ0) is 13.1. The lowest BCUT2D eigenvalue weighted by molar-refractivity contribution is -0.116. The minimum Gasteiger partial charge on any atom is -0.507 e. The average molecular weight is 285 g/mol. The molecule has 0 aromatic heterocycles. The van der Waals surface area contributed by atoms with Crippen LogP contribution in [0.3, 0.4) is 0 Å². The summed E-state index contributed by atoms with van der Waals surface area (Å²) in [7, 11) is 0. The maximum absolute atomic E-state index is 11.9. The second kappa shape index (κ2) is 6.78. The van der Waals surface area contributed by atoms with Crippen molar-refractivity contribution in [2.45, 2.75) is 39.2 Å². The first kappa shape index (κ1) is 15.8. The predicted octanol–water partition coefficient (Wildman–Crippen LogP) is 2.51. The van der Waals surface area contributed by atoms with Gasteiger partial charge in [-0.05, 0) is 44.9 Å². The number of aromatic hydroxyl groups is 1. The molecule has 1 aliphatic rings. The first-order valence-corrected chi connectivity index (χ1v) is 6.40. The fourth-order valence-corrected chi connectivity index (χ4v) is 2.33. The number of amides is 1. The van der Waals surface area contributed by atoms with E-state index in [2.05, 4.69) is 10.6 Å². The van der Waals surface area contributed by atoms with Gasteiger partial charge in [0.15, 0.2) is 0 Å². The number of phenols is 1. The lowest BCUT2D eigenvalue weighted by Crippen LogP contribution is -2.27. The molecule has 0 spiro atoms. The van der Waals surface area contributed by atoms with Gasteiger partial charge < -0.3 is 15.7 Å². The van der Waals surface area contributed by atoms with Gasteiger partial charge in [-0.3, -0.25) is 4.79 Å². The Morgan fingerprint density at radius 3 is 2.84 bits per heavy atom. The highest BCUT2D eigenvalue weighted by Gasteiger charge is 2.18. The summed E-state index contributed by atoms with van der Waals surface area (Å²) in [6.07, 6.45) is 2.70. The Kier molecular flexibility index (Phi) is 5.63. The first-order valence-electron chi connectivity index (χ1n) is 6.40. The van der Waals surface area contributed by atoms with Gasteiger partial charge in [-0.25, -0.2) is 0 Å². The summed E-state index contributed by atoms with van der Waals surface area (Å²) in [6.45, 7) is 4.66. The summed E-state index contributed by atoms with van der Waals surface area (Å²) in [6, 6.07) is 3.94. The molecule has 3 N–H and O–H groups in total. The number of hydrogen-bond donors (Lipinski definition) is 3. The van der Waals surface area contributed by atoms with Crippen molar-refractivity contribution in [2.75, 3.05) is 11.9 Å². The minimum atomic E-state index is 0. The highest BCUT2D eigenvalue weighted by atomic mass is 35.5. The Morgan fingerprint density at radius 1 is 1.47 bits per heavy atom. The molecule has 106 valence electrons. The van der Waals surface area contributed by atoms with Crippen molar-refractivity contribution < 1.29 is 9.90 Å². The molecule has 1 aromatic rings. The monoisotopic (exact) mass is 284 g/mol. The summed E-state index contributed by atoms with van der Waals surface area (Å²) in [5.41, 5.74) is 2.24. The van der Waals surface area contributed by atoms with Crippen LogP contribution in [0.5, 0.6) is 5.75 Å². The lowest BCUT2D eigenvalue weighted by Gasteiger charge is -2.13. The molecule has 0 radical (unpaired) electrons. The Hall–Kier alpha value is -1.26. The number of anilines is 1. The third-order valence-corrected chi connectivity index (χ3v) is 3.50. The van der Waals surface area contributed by atoms with Crippen LogP contribution >= 0.6 is 12.4 Å². The van der Waals surface area contributed by atoms with E-state index >= 15 is 0 Å². The standard InChI is InChI=1S/C14H20N2O2.ClH/c1-9-5-6-12(10(2)14(9)18)16-13(17)8-11-4-3-7-15-11;/h5-6,11,15,18H,3-4,7-8H2,1-2H3,(H,16,17);1H. The molecule has 0 bridgehead atoms. The molecule has 1 fully saturated rings. The molecule has 1 aromatic carbocycles. The maximum atomic E-state index is 11.9. The molecular weight excluding hydrogens is 264 g/mol. The van der Waals surface area contributed by atoms with Gasteiger partial charge in [0.1, 0.15) is 5.75 Å². The Labute approximate surface area is 120 Å². The van der Waals surface area contributed by atoms with Gasteiger partial charge in [0, 0.05) is 23.7 Å². The second-order valence-electron chi connectivity index (χ2n) is 4.95. The number of halogens is 1. The molecular formula is C14H21ClN2O2. The topological polar surface area (TPSA) is 61.4 Å². The number of aryl methyl sites for hydroxylation is 1. The second-order valence-corrected chi connectivity index (χ2v) is 4.95. The highest BCUT2D eigenvalue weighted by Crippen LogP contribution is 2.28. The Morgan fingerprint density at radius 2 is 2.21 bits per heavy atom. The largest absolute Gasteiger partial charge is 0.507 e. The van der Waals surface area contributed by atoms with Crippen molar-refractivity contribution in [3.8, 4) is 5.75 Å². The van der Waals surface area contributed by atoms with E-state index in [1.807, 2.05) is 26.0 Å². The van der Waals surface area contributed by atoms with Crippen molar-refractivity contribution >= 4 is 24.0 Å². The molecule has 1 atom stereocenters. The van der Waals surface area contributed by atoms with Crippen molar-refractivity contribution in [2.24, 2.45) is 0 Å². The Bertz CT molecular complexity index is 457. The van der Waals surface area contributed by atoms with Crippen LogP contribution in [-0.4, -0.2) is 23.6 Å². The number of hydrogen-bond acceptors (Lipinski definition) is 3. The van der Waals surface area contributed by atoms with Crippen molar-refractivity contribution in [3.05, 3.63) is 23.3 Å². The smallest absolute Gasteiger partial charge is 0.225 e. The van der Waals surface area contributed by atoms with E-state index in [1.165, 1.54) is 0 Å². The van der Waals surface area contributed by atoms with Crippen LogP contribution in [0.4, 0.5) is 5.69 Å². The third kappa shape index (κ3) is 3.85. The molecule has 1 heterocycles. The van der Waals surface area contributed by atoms with E-state index in [-0.39, 0.29) is 24.1 Å². The predicted molar refractivity (Wildman–Crippen MR) is 79.1 cm³/mol. The van der Waals surface area contributed by atoms with Crippen LogP contribution in [0.2, 0.25) is 0 Å². The molecule has 1 unspecified atom stereocenters. The zero-order valence-electron chi connectivity index (χ0n) is 11.3. The molecule has 2 rings (SSSR count). The molecule has 1 saturated heterocycles. The molecule has 5 heteroatoms. The van der Waals surface area contributed by atoms with Crippen molar-refractivity contribution in [1.29, 1.82) is 0 Å². The summed E-state index contributed by atoms with van der Waals surface area (Å²) in [5, 5.41) is 16.0. The fourth-order valence-electron chi connectivity index (χ4n) is 2.33. The van der Waals surface area contributed by atoms with E-state index in [4.69, 9.17) is 0 Å². The molecule has 1 aliphatic heterocycles. The summed E-state index contributed by atoms with van der Waals surface area (Å²) >= 11 is 0. The van der Waals surface area contributed by atoms with Gasteiger partial charge in [-0.15, -0.1) is 12.4 Å². The number of nitrogens with one attached hydrogen (secondary N) is 2. The van der Waals surface area contributed by atoms with Gasteiger partial charge in [0.2, 0.25) is 5.91 Å². The van der Waals surface area contributed by atoms with E-state index in [0.717, 1.165) is 30.5 Å². The summed E-state index contributed by atoms with van der Waals surface area (Å²) in [5.74, 6) is 0.257. The van der Waals surface area contributed by atoms with Gasteiger partial charge in [0.25, 0.3) is 0 Å². The average Bonchev–Trinajstić information content (AvgIpc) is 2.83. The molecule has 0 aliphatic carbocycles. The van der Waals surface area contributed by atoms with Crippen LogP contribution in [0.1, 0.15) is 30.4 Å². The van der Waals surface area contributed by atoms with Crippen LogP contribution in [0.25, 0.3) is 0 Å². The van der Waals surface area contributed by atoms with Gasteiger partial charge in [-0.1, -0.05) is 6.07 Å². The Balaban J connectivity index is 0.00000180. The number of phenolic OH excluding ortho intramolecular Hbond substituents is 1. The van der Waals surface area contributed by atoms with Crippen LogP contribution in [0.15, 0.2) is 12.1 Å². The number of carbonyl (C=O) groups is 1. The van der Waals surface area contributed by atoms with Crippen LogP contribution in [0, 0.1) is 13.8 Å². The number of benzene rings is 1. The van der Waals surface area contributed by atoms with Crippen LogP contribution < -0.4 is 10.6 Å². The lowest BCUT2D eigenvalue weighted by atomic mass is 10.1. The number of rotatable bonds is 3. The quantitative estimate of drug-likeness (QED) is 0.799. The van der Waals surface area contributed by atoms with Crippen LogP contribution in [-0.2, 0) is 4.79 Å². The normalized spacial score (nSPS) is 17.9. The van der Waals surface area contributed by atoms with Gasteiger partial charge >= 0.3 is 0 Å². The summed E-state index contributed by atoms with van der Waals surface area (Å²) in [4.78, 5) is 11.9. The molecule has 0 saturated carbocycles. The van der Waals surface area contributed by atoms with Crippen molar-refractivity contribution in [3.63, 3.8) is 0 Å². The molecule has 4 nitrogen and oxygen atoms in total. The third-order valence-electron chi connectivity index (χ3n) is 3.50. The van der Waals surface area contributed by atoms with Gasteiger partial charge in [0.05, 0.1) is 0 Å². The van der Waals surface area contributed by atoms with Gasteiger partial charge in [-0.2, -0.15) is 0 Å². The summed E-state index contributed by atoms with van der Waals surface area (Å²) < 4.78 is 0.